The van der Waals surface area contributed by atoms with Crippen molar-refractivity contribution in [3.8, 4) is 0 Å². The number of carbonyl (C=O) groups is 2. The molecular formula is C13H18N4O2S2. The van der Waals surface area contributed by atoms with Gasteiger partial charge in [0.2, 0.25) is 16.9 Å². The number of anilines is 1. The quantitative estimate of drug-likeness (QED) is 0.920. The van der Waals surface area contributed by atoms with Gasteiger partial charge in [-0.3, -0.25) is 14.9 Å². The van der Waals surface area contributed by atoms with E-state index < -0.39 is 6.04 Å². The summed E-state index contributed by atoms with van der Waals surface area (Å²) in [5.74, 6) is 0.846. The topological polar surface area (TPSA) is 75.2 Å². The monoisotopic (exact) mass is 326 g/mol. The van der Waals surface area contributed by atoms with Crippen LogP contribution in [-0.2, 0) is 9.59 Å². The molecule has 2 fully saturated rings. The molecular weight excluding hydrogens is 308 g/mol. The minimum Gasteiger partial charge on any atom is -0.315 e. The summed E-state index contributed by atoms with van der Waals surface area (Å²) in [4.78, 5) is 26.0. The van der Waals surface area contributed by atoms with Gasteiger partial charge >= 0.3 is 0 Å². The lowest BCUT2D eigenvalue weighted by Crippen LogP contribution is -2.48. The first-order valence-electron chi connectivity index (χ1n) is 7.01. The standard InChI is InChI=1S/C13H18N4O2S2/c1-7(2)11-15-16-12(21-11)14-10(19)8-6-20-13(3)5-4-9(18)17(8)13/h7-8H,4-6H2,1-3H3,(H,14,16,19)/t8-,13-/m1/s1. The molecule has 2 aliphatic heterocycles. The van der Waals surface area contributed by atoms with Crippen molar-refractivity contribution in [2.24, 2.45) is 0 Å². The second-order valence-electron chi connectivity index (χ2n) is 5.85. The van der Waals surface area contributed by atoms with Gasteiger partial charge in [-0.15, -0.1) is 22.0 Å². The second-order valence-corrected chi connectivity index (χ2v) is 8.37. The molecule has 21 heavy (non-hydrogen) atoms. The molecule has 1 N–H and O–H groups in total. The smallest absolute Gasteiger partial charge is 0.249 e. The maximum Gasteiger partial charge on any atom is 0.249 e. The van der Waals surface area contributed by atoms with E-state index in [1.165, 1.54) is 11.3 Å². The molecule has 0 aromatic carbocycles. The average molecular weight is 326 g/mol. The van der Waals surface area contributed by atoms with Crippen LogP contribution >= 0.6 is 23.1 Å². The van der Waals surface area contributed by atoms with Gasteiger partial charge in [0, 0.05) is 18.1 Å². The zero-order valence-corrected chi connectivity index (χ0v) is 13.9. The maximum absolute atomic E-state index is 12.4. The van der Waals surface area contributed by atoms with Crippen molar-refractivity contribution >= 4 is 40.0 Å². The van der Waals surface area contributed by atoms with Crippen LogP contribution in [0.5, 0.6) is 0 Å². The summed E-state index contributed by atoms with van der Waals surface area (Å²) in [6.07, 6.45) is 1.35. The van der Waals surface area contributed by atoms with Crippen molar-refractivity contribution in [3.63, 3.8) is 0 Å². The van der Waals surface area contributed by atoms with Gasteiger partial charge in [0.05, 0.1) is 4.87 Å². The summed E-state index contributed by atoms with van der Waals surface area (Å²) in [5, 5.41) is 12.3. The molecule has 2 saturated heterocycles. The number of nitrogens with zero attached hydrogens (tertiary/aromatic N) is 3. The highest BCUT2D eigenvalue weighted by atomic mass is 32.2. The number of carbonyl (C=O) groups excluding carboxylic acids is 2. The van der Waals surface area contributed by atoms with E-state index in [9.17, 15) is 9.59 Å². The Morgan fingerprint density at radius 3 is 2.90 bits per heavy atom. The van der Waals surface area contributed by atoms with Crippen LogP contribution < -0.4 is 5.32 Å². The van der Waals surface area contributed by atoms with Crippen LogP contribution in [-0.4, -0.2) is 43.6 Å². The number of thioether (sulfide) groups is 1. The largest absolute Gasteiger partial charge is 0.315 e. The van der Waals surface area contributed by atoms with E-state index in [2.05, 4.69) is 15.5 Å². The molecule has 2 aliphatic rings. The molecule has 8 heteroatoms. The van der Waals surface area contributed by atoms with E-state index in [4.69, 9.17) is 0 Å². The SMILES string of the molecule is CC(C)c1nnc(NC(=O)[C@H]2CS[C@]3(C)CCC(=O)N23)s1. The zero-order valence-electron chi connectivity index (χ0n) is 12.3. The van der Waals surface area contributed by atoms with E-state index in [-0.39, 0.29) is 16.7 Å². The number of rotatable bonds is 3. The van der Waals surface area contributed by atoms with Crippen molar-refractivity contribution in [2.45, 2.75) is 50.4 Å². The Morgan fingerprint density at radius 1 is 1.48 bits per heavy atom. The minimum absolute atomic E-state index is 0.0720. The summed E-state index contributed by atoms with van der Waals surface area (Å²) < 4.78 is 0. The van der Waals surface area contributed by atoms with Gasteiger partial charge in [-0.1, -0.05) is 25.2 Å². The van der Waals surface area contributed by atoms with Crippen LogP contribution in [0.2, 0.25) is 0 Å². The number of hydrogen-bond acceptors (Lipinski definition) is 6. The summed E-state index contributed by atoms with van der Waals surface area (Å²) in [7, 11) is 0. The van der Waals surface area contributed by atoms with Gasteiger partial charge in [-0.2, -0.15) is 0 Å². The van der Waals surface area contributed by atoms with Crippen molar-refractivity contribution in [2.75, 3.05) is 11.1 Å². The lowest BCUT2D eigenvalue weighted by atomic mass is 10.2. The second kappa shape index (κ2) is 5.24. The number of aromatic nitrogens is 2. The van der Waals surface area contributed by atoms with E-state index in [1.54, 1.807) is 16.7 Å². The molecule has 0 bridgehead atoms. The molecule has 0 radical (unpaired) electrons. The lowest BCUT2D eigenvalue weighted by Gasteiger charge is -2.29. The van der Waals surface area contributed by atoms with E-state index in [0.29, 0.717) is 23.2 Å². The first kappa shape index (κ1) is 14.8. The molecule has 1 aromatic rings. The fraction of sp³-hybridized carbons (Fsp3) is 0.692. The first-order valence-corrected chi connectivity index (χ1v) is 8.81. The Balaban J connectivity index is 1.72. The van der Waals surface area contributed by atoms with Gasteiger partial charge in [0.1, 0.15) is 11.0 Å². The molecule has 2 amide bonds. The Kier molecular flexibility index (Phi) is 3.69. The normalized spacial score (nSPS) is 28.3. The van der Waals surface area contributed by atoms with Gasteiger partial charge in [-0.25, -0.2) is 0 Å². The molecule has 0 spiro atoms. The molecule has 3 heterocycles. The number of fused-ring (bicyclic) bond motifs is 1. The minimum atomic E-state index is -0.401. The maximum atomic E-state index is 12.4. The third kappa shape index (κ3) is 2.55. The van der Waals surface area contributed by atoms with Gasteiger partial charge in [0.15, 0.2) is 0 Å². The van der Waals surface area contributed by atoms with Crippen molar-refractivity contribution in [1.82, 2.24) is 15.1 Å². The highest BCUT2D eigenvalue weighted by Gasteiger charge is 2.52. The first-order chi connectivity index (χ1) is 9.90. The van der Waals surface area contributed by atoms with Crippen molar-refractivity contribution in [3.05, 3.63) is 5.01 Å². The predicted molar refractivity (Wildman–Crippen MR) is 83.4 cm³/mol. The molecule has 2 atom stereocenters. The lowest BCUT2D eigenvalue weighted by molar-refractivity contribution is -0.135. The van der Waals surface area contributed by atoms with Crippen LogP contribution in [0.1, 0.15) is 44.5 Å². The Labute approximate surface area is 131 Å². The Bertz CT molecular complexity index is 588. The third-order valence-corrected chi connectivity index (χ3v) is 6.56. The van der Waals surface area contributed by atoms with Gasteiger partial charge < -0.3 is 4.90 Å². The van der Waals surface area contributed by atoms with Crippen molar-refractivity contribution in [1.29, 1.82) is 0 Å². The number of nitrogens with one attached hydrogen (secondary N) is 1. The predicted octanol–water partition coefficient (Wildman–Crippen LogP) is 2.05. The molecule has 1 aromatic heterocycles. The summed E-state index contributed by atoms with van der Waals surface area (Å²) in [6, 6.07) is -0.401. The van der Waals surface area contributed by atoms with Crippen LogP contribution in [0.3, 0.4) is 0 Å². The van der Waals surface area contributed by atoms with E-state index >= 15 is 0 Å². The molecule has 0 saturated carbocycles. The summed E-state index contributed by atoms with van der Waals surface area (Å²) >= 11 is 3.08. The Hall–Kier alpha value is -1.15. The fourth-order valence-corrected chi connectivity index (χ4v) is 4.90. The molecule has 114 valence electrons. The van der Waals surface area contributed by atoms with Crippen LogP contribution in [0, 0.1) is 0 Å². The van der Waals surface area contributed by atoms with Crippen LogP contribution in [0.4, 0.5) is 5.13 Å². The third-order valence-electron chi connectivity index (χ3n) is 3.91. The van der Waals surface area contributed by atoms with Gasteiger partial charge in [0.25, 0.3) is 0 Å². The molecule has 0 aliphatic carbocycles. The molecule has 0 unspecified atom stereocenters. The molecule has 6 nitrogen and oxygen atoms in total. The molecule has 3 rings (SSSR count). The highest BCUT2D eigenvalue weighted by molar-refractivity contribution is 8.01. The van der Waals surface area contributed by atoms with Crippen LogP contribution in [0.15, 0.2) is 0 Å². The zero-order chi connectivity index (χ0) is 15.2. The average Bonchev–Trinajstić information content (AvgIpc) is 3.07. The van der Waals surface area contributed by atoms with E-state index in [1.807, 2.05) is 20.8 Å². The van der Waals surface area contributed by atoms with Gasteiger partial charge in [-0.05, 0) is 13.3 Å². The highest BCUT2D eigenvalue weighted by Crippen LogP contribution is 2.47. The van der Waals surface area contributed by atoms with E-state index in [0.717, 1.165) is 11.4 Å². The summed E-state index contributed by atoms with van der Waals surface area (Å²) in [6.45, 7) is 6.11. The fourth-order valence-electron chi connectivity index (χ4n) is 2.72. The van der Waals surface area contributed by atoms with Crippen LogP contribution in [0.25, 0.3) is 0 Å². The number of amides is 2. The Morgan fingerprint density at radius 2 is 2.24 bits per heavy atom. The van der Waals surface area contributed by atoms with Crippen molar-refractivity contribution < 1.29 is 9.59 Å². The summed E-state index contributed by atoms with van der Waals surface area (Å²) in [5.41, 5.74) is 0. The number of hydrogen-bond donors (Lipinski definition) is 1.